The Hall–Kier alpha value is -1.33. The smallest absolute Gasteiger partial charge is 0.403 e. The summed E-state index contributed by atoms with van der Waals surface area (Å²) in [5.74, 6) is 2.63. The van der Waals surface area contributed by atoms with Gasteiger partial charge in [0, 0.05) is 5.41 Å². The summed E-state index contributed by atoms with van der Waals surface area (Å²) >= 11 is 0. The van der Waals surface area contributed by atoms with Crippen molar-refractivity contribution in [2.45, 2.75) is 96.2 Å². The first-order valence-corrected chi connectivity index (χ1v) is 12.4. The number of carbonyl (C=O) groups is 1. The van der Waals surface area contributed by atoms with Gasteiger partial charge in [-0.05, 0) is 102 Å². The Morgan fingerprint density at radius 3 is 2.00 bits per heavy atom. The van der Waals surface area contributed by atoms with Crippen molar-refractivity contribution >= 4 is 13.0 Å². The zero-order chi connectivity index (χ0) is 21.9. The molecule has 1 heterocycles. The molecule has 5 heteroatoms. The van der Waals surface area contributed by atoms with E-state index >= 15 is 0 Å². The van der Waals surface area contributed by atoms with Gasteiger partial charge in [-0.1, -0.05) is 30.3 Å². The molecule has 0 aromatic heterocycles. The molecular formula is C26H38BNO3. The summed E-state index contributed by atoms with van der Waals surface area (Å²) in [7, 11) is -0.229. The molecule has 1 amide bonds. The number of hydrogen-bond acceptors (Lipinski definition) is 3. The highest BCUT2D eigenvalue weighted by Crippen LogP contribution is 2.60. The predicted octanol–water partition coefficient (Wildman–Crippen LogP) is 5.54. The van der Waals surface area contributed by atoms with Crippen molar-refractivity contribution in [3.63, 3.8) is 0 Å². The first-order chi connectivity index (χ1) is 14.7. The van der Waals surface area contributed by atoms with Gasteiger partial charge in [-0.2, -0.15) is 0 Å². The Morgan fingerprint density at radius 2 is 1.48 bits per heavy atom. The molecule has 168 valence electrons. The van der Waals surface area contributed by atoms with E-state index in [0.29, 0.717) is 5.91 Å². The van der Waals surface area contributed by atoms with E-state index in [1.807, 2.05) is 6.07 Å². The van der Waals surface area contributed by atoms with Crippen LogP contribution in [0.3, 0.4) is 0 Å². The van der Waals surface area contributed by atoms with Gasteiger partial charge in [-0.25, -0.2) is 0 Å². The first kappa shape index (κ1) is 21.5. The van der Waals surface area contributed by atoms with E-state index in [1.54, 1.807) is 0 Å². The van der Waals surface area contributed by atoms with E-state index in [1.165, 1.54) is 24.8 Å². The molecule has 6 rings (SSSR count). The highest BCUT2D eigenvalue weighted by molar-refractivity contribution is 6.45. The van der Waals surface area contributed by atoms with E-state index in [0.717, 1.165) is 49.8 Å². The summed E-state index contributed by atoms with van der Waals surface area (Å²) in [4.78, 5) is 13.7. The molecule has 1 aromatic carbocycles. The SMILES string of the molecule is CC1(C)OB(CC[C@H](NC(=O)C23CC4CC(CC(C4)C2)C3)c2ccccc2)OC1(C)C. The lowest BCUT2D eigenvalue weighted by Crippen LogP contribution is -2.54. The third-order valence-corrected chi connectivity index (χ3v) is 9.02. The summed E-state index contributed by atoms with van der Waals surface area (Å²) in [5.41, 5.74) is 0.425. The molecule has 5 aliphatic rings. The lowest BCUT2D eigenvalue weighted by atomic mass is 9.49. The molecule has 4 bridgehead atoms. The Labute approximate surface area is 188 Å². The van der Waals surface area contributed by atoms with Crippen molar-refractivity contribution in [1.29, 1.82) is 0 Å². The second-order valence-electron chi connectivity index (χ2n) is 11.9. The van der Waals surface area contributed by atoms with Crippen LogP contribution in [-0.2, 0) is 14.1 Å². The van der Waals surface area contributed by atoms with Crippen LogP contribution in [0.5, 0.6) is 0 Å². The third-order valence-electron chi connectivity index (χ3n) is 9.02. The molecule has 4 aliphatic carbocycles. The fourth-order valence-electron chi connectivity index (χ4n) is 7.09. The minimum Gasteiger partial charge on any atom is -0.403 e. The van der Waals surface area contributed by atoms with E-state index in [4.69, 9.17) is 9.31 Å². The van der Waals surface area contributed by atoms with Gasteiger partial charge in [-0.3, -0.25) is 4.79 Å². The zero-order valence-corrected chi connectivity index (χ0v) is 19.7. The van der Waals surface area contributed by atoms with Crippen LogP contribution in [0.15, 0.2) is 30.3 Å². The molecule has 1 aromatic rings. The second kappa shape index (κ2) is 7.62. The van der Waals surface area contributed by atoms with E-state index < -0.39 is 0 Å². The van der Waals surface area contributed by atoms with Crippen LogP contribution in [0.1, 0.15) is 84.2 Å². The van der Waals surface area contributed by atoms with Crippen LogP contribution in [0, 0.1) is 23.2 Å². The Kier molecular flexibility index (Phi) is 5.29. The van der Waals surface area contributed by atoms with Gasteiger partial charge in [0.05, 0.1) is 17.2 Å². The van der Waals surface area contributed by atoms with Crippen LogP contribution in [-0.4, -0.2) is 24.2 Å². The molecule has 4 saturated carbocycles. The predicted molar refractivity (Wildman–Crippen MR) is 123 cm³/mol. The molecule has 1 N–H and O–H groups in total. The minimum atomic E-state index is -0.317. The van der Waals surface area contributed by atoms with Gasteiger partial charge in [0.15, 0.2) is 0 Å². The van der Waals surface area contributed by atoms with E-state index in [9.17, 15) is 4.79 Å². The molecule has 0 radical (unpaired) electrons. The van der Waals surface area contributed by atoms with Crippen molar-refractivity contribution in [3.05, 3.63) is 35.9 Å². The Morgan fingerprint density at radius 1 is 0.968 bits per heavy atom. The zero-order valence-electron chi connectivity index (χ0n) is 19.7. The van der Waals surface area contributed by atoms with Crippen LogP contribution in [0.25, 0.3) is 0 Å². The lowest BCUT2D eigenvalue weighted by Gasteiger charge is -2.55. The Bertz CT molecular complexity index is 770. The van der Waals surface area contributed by atoms with Gasteiger partial charge in [0.25, 0.3) is 0 Å². The van der Waals surface area contributed by atoms with Crippen LogP contribution >= 0.6 is 0 Å². The molecule has 5 fully saturated rings. The maximum Gasteiger partial charge on any atom is 0.457 e. The number of carbonyl (C=O) groups excluding carboxylic acids is 1. The minimum absolute atomic E-state index is 0.000675. The largest absolute Gasteiger partial charge is 0.457 e. The molecular weight excluding hydrogens is 385 g/mol. The first-order valence-electron chi connectivity index (χ1n) is 12.4. The molecule has 4 nitrogen and oxygen atoms in total. The Balaban J connectivity index is 1.29. The maximum absolute atomic E-state index is 13.7. The van der Waals surface area contributed by atoms with Crippen molar-refractivity contribution in [1.82, 2.24) is 5.32 Å². The monoisotopic (exact) mass is 423 g/mol. The van der Waals surface area contributed by atoms with Gasteiger partial charge >= 0.3 is 7.12 Å². The number of hydrogen-bond donors (Lipinski definition) is 1. The molecule has 31 heavy (non-hydrogen) atoms. The number of amides is 1. The van der Waals surface area contributed by atoms with Crippen LogP contribution < -0.4 is 5.32 Å². The standard InChI is InChI=1S/C26H38BNO3/c1-24(2)25(3,4)31-27(30-24)11-10-22(21-8-6-5-7-9-21)28-23(29)26-15-18-12-19(16-26)14-20(13-18)17-26/h5-9,18-20,22H,10-17H2,1-4H3,(H,28,29)/t18?,19?,20?,22-,26?/m0/s1. The molecule has 0 spiro atoms. The summed E-state index contributed by atoms with van der Waals surface area (Å²) in [6, 6.07) is 10.4. The van der Waals surface area contributed by atoms with Gasteiger partial charge < -0.3 is 14.6 Å². The fraction of sp³-hybridized carbons (Fsp3) is 0.731. The lowest BCUT2D eigenvalue weighted by molar-refractivity contribution is -0.147. The molecule has 1 aliphatic heterocycles. The van der Waals surface area contributed by atoms with Gasteiger partial charge in [-0.15, -0.1) is 0 Å². The maximum atomic E-state index is 13.7. The topological polar surface area (TPSA) is 47.6 Å². The third kappa shape index (κ3) is 3.97. The van der Waals surface area contributed by atoms with Crippen LogP contribution in [0.4, 0.5) is 0 Å². The molecule has 1 saturated heterocycles. The van der Waals surface area contributed by atoms with E-state index in [-0.39, 0.29) is 29.8 Å². The van der Waals surface area contributed by atoms with Gasteiger partial charge in [0.1, 0.15) is 0 Å². The van der Waals surface area contributed by atoms with Crippen LogP contribution in [0.2, 0.25) is 6.32 Å². The van der Waals surface area contributed by atoms with Crippen molar-refractivity contribution in [2.24, 2.45) is 23.2 Å². The average molecular weight is 423 g/mol. The van der Waals surface area contributed by atoms with Gasteiger partial charge in [0.2, 0.25) is 5.91 Å². The number of rotatable bonds is 6. The summed E-state index contributed by atoms with van der Waals surface area (Å²) in [5, 5.41) is 3.51. The van der Waals surface area contributed by atoms with Crippen molar-refractivity contribution < 1.29 is 14.1 Å². The molecule has 1 atom stereocenters. The summed E-state index contributed by atoms with van der Waals surface area (Å²) < 4.78 is 12.4. The van der Waals surface area contributed by atoms with Crippen molar-refractivity contribution in [3.8, 4) is 0 Å². The summed E-state index contributed by atoms with van der Waals surface area (Å²) in [6.07, 6.45) is 8.97. The highest BCUT2D eigenvalue weighted by atomic mass is 16.7. The van der Waals surface area contributed by atoms with Crippen molar-refractivity contribution in [2.75, 3.05) is 0 Å². The summed E-state index contributed by atoms with van der Waals surface area (Å²) in [6.45, 7) is 8.38. The number of nitrogens with one attached hydrogen (secondary N) is 1. The second-order valence-corrected chi connectivity index (χ2v) is 11.9. The van der Waals surface area contributed by atoms with E-state index in [2.05, 4.69) is 57.3 Å². The normalized spacial score (nSPS) is 35.9. The quantitative estimate of drug-likeness (QED) is 0.611. The fourth-order valence-corrected chi connectivity index (χ4v) is 7.09. The average Bonchev–Trinajstić information content (AvgIpc) is 2.91. The number of benzene rings is 1. The highest BCUT2D eigenvalue weighted by Gasteiger charge is 2.55. The molecule has 0 unspecified atom stereocenters.